The SMILES string of the molecule is COCc1ccc(C(O)c2ccc(COC)cc2)cc1. The second kappa shape index (κ2) is 7.20. The Balaban J connectivity index is 2.11. The number of hydrogen-bond acceptors (Lipinski definition) is 3. The number of methoxy groups -OCH3 is 2. The number of ether oxygens (including phenoxy) is 2. The molecule has 0 spiro atoms. The van der Waals surface area contributed by atoms with E-state index < -0.39 is 6.10 Å². The summed E-state index contributed by atoms with van der Waals surface area (Å²) >= 11 is 0. The Morgan fingerprint density at radius 1 is 0.750 bits per heavy atom. The maximum Gasteiger partial charge on any atom is 0.104 e. The van der Waals surface area contributed by atoms with Gasteiger partial charge in [-0.2, -0.15) is 0 Å². The van der Waals surface area contributed by atoms with Gasteiger partial charge >= 0.3 is 0 Å². The molecule has 2 aromatic carbocycles. The first-order valence-corrected chi connectivity index (χ1v) is 6.58. The molecule has 0 aliphatic rings. The van der Waals surface area contributed by atoms with Crippen molar-refractivity contribution < 1.29 is 14.6 Å². The number of aliphatic hydroxyl groups excluding tert-OH is 1. The minimum Gasteiger partial charge on any atom is -0.384 e. The molecular formula is C17H20O3. The van der Waals surface area contributed by atoms with Gasteiger partial charge in [0.25, 0.3) is 0 Å². The third-order valence-corrected chi connectivity index (χ3v) is 3.21. The Morgan fingerprint density at radius 2 is 1.10 bits per heavy atom. The number of hydrogen-bond donors (Lipinski definition) is 1. The van der Waals surface area contributed by atoms with Crippen LogP contribution in [0.1, 0.15) is 28.4 Å². The van der Waals surface area contributed by atoms with E-state index in [0.717, 1.165) is 22.3 Å². The third kappa shape index (κ3) is 3.67. The van der Waals surface area contributed by atoms with Crippen molar-refractivity contribution in [1.29, 1.82) is 0 Å². The van der Waals surface area contributed by atoms with Gasteiger partial charge in [0.2, 0.25) is 0 Å². The summed E-state index contributed by atoms with van der Waals surface area (Å²) in [5.74, 6) is 0. The summed E-state index contributed by atoms with van der Waals surface area (Å²) in [6.45, 7) is 1.17. The summed E-state index contributed by atoms with van der Waals surface area (Å²) in [4.78, 5) is 0. The quantitative estimate of drug-likeness (QED) is 0.878. The zero-order chi connectivity index (χ0) is 14.4. The van der Waals surface area contributed by atoms with Crippen LogP contribution in [0.3, 0.4) is 0 Å². The molecule has 0 aromatic heterocycles. The van der Waals surface area contributed by atoms with Crippen LogP contribution < -0.4 is 0 Å². The summed E-state index contributed by atoms with van der Waals surface area (Å²) in [6, 6.07) is 15.6. The molecule has 0 saturated carbocycles. The van der Waals surface area contributed by atoms with Gasteiger partial charge < -0.3 is 14.6 Å². The predicted molar refractivity (Wildman–Crippen MR) is 78.4 cm³/mol. The van der Waals surface area contributed by atoms with Crippen molar-refractivity contribution in [2.75, 3.05) is 14.2 Å². The van der Waals surface area contributed by atoms with Crippen molar-refractivity contribution in [3.05, 3.63) is 70.8 Å². The molecule has 1 N–H and O–H groups in total. The van der Waals surface area contributed by atoms with Gasteiger partial charge in [-0.1, -0.05) is 48.5 Å². The second-order valence-corrected chi connectivity index (χ2v) is 4.75. The average Bonchev–Trinajstić information content (AvgIpc) is 2.49. The Kier molecular flexibility index (Phi) is 5.30. The molecule has 0 bridgehead atoms. The van der Waals surface area contributed by atoms with Gasteiger partial charge in [-0.15, -0.1) is 0 Å². The van der Waals surface area contributed by atoms with Gasteiger partial charge in [0.15, 0.2) is 0 Å². The lowest BCUT2D eigenvalue weighted by molar-refractivity contribution is 0.184. The largest absolute Gasteiger partial charge is 0.384 e. The molecule has 0 aliphatic carbocycles. The standard InChI is InChI=1S/C17H20O3/c1-19-11-13-3-7-15(8-4-13)17(18)16-9-5-14(6-10-16)12-20-2/h3-10,17-18H,11-12H2,1-2H3. The van der Waals surface area contributed by atoms with Gasteiger partial charge in [0.1, 0.15) is 6.10 Å². The van der Waals surface area contributed by atoms with Gasteiger partial charge in [-0.25, -0.2) is 0 Å². The lowest BCUT2D eigenvalue weighted by atomic mass is 9.99. The van der Waals surface area contributed by atoms with E-state index in [-0.39, 0.29) is 0 Å². The minimum absolute atomic E-state index is 0.585. The van der Waals surface area contributed by atoms with E-state index in [1.165, 1.54) is 0 Å². The van der Waals surface area contributed by atoms with E-state index in [1.807, 2.05) is 48.5 Å². The first-order valence-electron chi connectivity index (χ1n) is 6.58. The van der Waals surface area contributed by atoms with Crippen LogP contribution in [-0.2, 0) is 22.7 Å². The van der Waals surface area contributed by atoms with E-state index in [9.17, 15) is 5.11 Å². The Bertz CT molecular complexity index is 467. The van der Waals surface area contributed by atoms with E-state index in [1.54, 1.807) is 14.2 Å². The maximum atomic E-state index is 10.4. The highest BCUT2D eigenvalue weighted by molar-refractivity contribution is 5.33. The van der Waals surface area contributed by atoms with Crippen molar-refractivity contribution in [1.82, 2.24) is 0 Å². The van der Waals surface area contributed by atoms with Crippen molar-refractivity contribution in [3.63, 3.8) is 0 Å². The molecule has 20 heavy (non-hydrogen) atoms. The van der Waals surface area contributed by atoms with Crippen molar-refractivity contribution >= 4 is 0 Å². The molecule has 0 unspecified atom stereocenters. The molecule has 0 radical (unpaired) electrons. The molecule has 0 saturated heterocycles. The zero-order valence-electron chi connectivity index (χ0n) is 11.9. The fraction of sp³-hybridized carbons (Fsp3) is 0.294. The highest BCUT2D eigenvalue weighted by Gasteiger charge is 2.10. The number of rotatable bonds is 6. The summed E-state index contributed by atoms with van der Waals surface area (Å²) in [5.41, 5.74) is 3.95. The van der Waals surface area contributed by atoms with Gasteiger partial charge in [-0.3, -0.25) is 0 Å². The molecule has 3 heteroatoms. The highest BCUT2D eigenvalue weighted by atomic mass is 16.5. The summed E-state index contributed by atoms with van der Waals surface area (Å²) < 4.78 is 10.1. The molecule has 2 aromatic rings. The molecule has 106 valence electrons. The van der Waals surface area contributed by atoms with Gasteiger partial charge in [0, 0.05) is 14.2 Å². The lowest BCUT2D eigenvalue weighted by Crippen LogP contribution is -2.00. The number of aliphatic hydroxyl groups is 1. The molecule has 0 heterocycles. The van der Waals surface area contributed by atoms with E-state index >= 15 is 0 Å². The Labute approximate surface area is 119 Å². The number of benzene rings is 2. The highest BCUT2D eigenvalue weighted by Crippen LogP contribution is 2.22. The normalized spacial score (nSPS) is 11.0. The minimum atomic E-state index is -0.608. The van der Waals surface area contributed by atoms with Crippen LogP contribution in [0.5, 0.6) is 0 Å². The molecule has 0 aliphatic heterocycles. The van der Waals surface area contributed by atoms with Gasteiger partial charge in [-0.05, 0) is 22.3 Å². The maximum absolute atomic E-state index is 10.4. The first kappa shape index (κ1) is 14.7. The Hall–Kier alpha value is -1.68. The molecule has 0 atom stereocenters. The molecule has 0 amide bonds. The topological polar surface area (TPSA) is 38.7 Å². The monoisotopic (exact) mass is 272 g/mol. The second-order valence-electron chi connectivity index (χ2n) is 4.75. The molecule has 2 rings (SSSR count). The van der Waals surface area contributed by atoms with Crippen molar-refractivity contribution in [2.45, 2.75) is 19.3 Å². The van der Waals surface area contributed by atoms with Crippen LogP contribution in [0.4, 0.5) is 0 Å². The smallest absolute Gasteiger partial charge is 0.104 e. The third-order valence-electron chi connectivity index (χ3n) is 3.21. The van der Waals surface area contributed by atoms with E-state index in [0.29, 0.717) is 13.2 Å². The summed E-state index contributed by atoms with van der Waals surface area (Å²) in [6.07, 6.45) is -0.608. The van der Waals surface area contributed by atoms with Crippen LogP contribution in [0.15, 0.2) is 48.5 Å². The zero-order valence-corrected chi connectivity index (χ0v) is 11.9. The van der Waals surface area contributed by atoms with Crippen LogP contribution in [0, 0.1) is 0 Å². The summed E-state index contributed by atoms with van der Waals surface area (Å²) in [5, 5.41) is 10.4. The van der Waals surface area contributed by atoms with E-state index in [2.05, 4.69) is 0 Å². The predicted octanol–water partition coefficient (Wildman–Crippen LogP) is 3.06. The van der Waals surface area contributed by atoms with E-state index in [4.69, 9.17) is 9.47 Å². The average molecular weight is 272 g/mol. The molecule has 3 nitrogen and oxygen atoms in total. The van der Waals surface area contributed by atoms with Crippen LogP contribution in [0.25, 0.3) is 0 Å². The fourth-order valence-electron chi connectivity index (χ4n) is 2.12. The van der Waals surface area contributed by atoms with Crippen molar-refractivity contribution in [3.8, 4) is 0 Å². The van der Waals surface area contributed by atoms with Crippen LogP contribution in [-0.4, -0.2) is 19.3 Å². The molecular weight excluding hydrogens is 252 g/mol. The Morgan fingerprint density at radius 3 is 1.40 bits per heavy atom. The van der Waals surface area contributed by atoms with Crippen molar-refractivity contribution in [2.24, 2.45) is 0 Å². The fourth-order valence-corrected chi connectivity index (χ4v) is 2.12. The van der Waals surface area contributed by atoms with Crippen LogP contribution >= 0.6 is 0 Å². The molecule has 0 fully saturated rings. The summed E-state index contributed by atoms with van der Waals surface area (Å²) in [7, 11) is 3.34. The first-order chi connectivity index (χ1) is 9.74. The van der Waals surface area contributed by atoms with Gasteiger partial charge in [0.05, 0.1) is 13.2 Å². The van der Waals surface area contributed by atoms with Crippen LogP contribution in [0.2, 0.25) is 0 Å². The lowest BCUT2D eigenvalue weighted by Gasteiger charge is -2.13.